The Balaban J connectivity index is 2.31. The summed E-state index contributed by atoms with van der Waals surface area (Å²) in [7, 11) is 2.02. The fourth-order valence-corrected chi connectivity index (χ4v) is 2.25. The SMILES string of the molecule is Cc1ccc(N)c(-c2nc3ccccc3n2C)c1. The largest absolute Gasteiger partial charge is 0.398 e. The summed E-state index contributed by atoms with van der Waals surface area (Å²) in [6.07, 6.45) is 0. The Morgan fingerprint density at radius 3 is 2.67 bits per heavy atom. The molecule has 0 bridgehead atoms. The number of rotatable bonds is 1. The normalized spacial score (nSPS) is 11.0. The molecule has 3 heteroatoms. The number of hydrogen-bond donors (Lipinski definition) is 1. The molecule has 3 aromatic rings. The van der Waals surface area contributed by atoms with E-state index in [0.717, 1.165) is 28.1 Å². The van der Waals surface area contributed by atoms with Crippen molar-refractivity contribution in [3.63, 3.8) is 0 Å². The van der Waals surface area contributed by atoms with E-state index in [1.54, 1.807) is 0 Å². The third-order valence-corrected chi connectivity index (χ3v) is 3.24. The summed E-state index contributed by atoms with van der Waals surface area (Å²) in [5.41, 5.74) is 11.1. The van der Waals surface area contributed by atoms with Crippen molar-refractivity contribution >= 4 is 16.7 Å². The number of imidazole rings is 1. The van der Waals surface area contributed by atoms with Crippen molar-refractivity contribution in [2.75, 3.05) is 5.73 Å². The van der Waals surface area contributed by atoms with Crippen LogP contribution in [0, 0.1) is 6.92 Å². The predicted octanol–water partition coefficient (Wildman–Crippen LogP) is 3.13. The van der Waals surface area contributed by atoms with Gasteiger partial charge in [-0.1, -0.05) is 23.8 Å². The van der Waals surface area contributed by atoms with E-state index in [-0.39, 0.29) is 0 Å². The molecule has 90 valence electrons. The maximum absolute atomic E-state index is 6.06. The predicted molar refractivity (Wildman–Crippen MR) is 75.3 cm³/mol. The van der Waals surface area contributed by atoms with Gasteiger partial charge in [-0.2, -0.15) is 0 Å². The molecule has 0 fully saturated rings. The second kappa shape index (κ2) is 3.88. The first-order valence-electron chi connectivity index (χ1n) is 5.95. The maximum atomic E-state index is 6.06. The van der Waals surface area contributed by atoms with Crippen molar-refractivity contribution in [2.45, 2.75) is 6.92 Å². The first-order valence-corrected chi connectivity index (χ1v) is 5.95. The average Bonchev–Trinajstić information content (AvgIpc) is 2.71. The summed E-state index contributed by atoms with van der Waals surface area (Å²) in [6, 6.07) is 14.1. The number of aromatic nitrogens is 2. The van der Waals surface area contributed by atoms with Gasteiger partial charge in [0.05, 0.1) is 11.0 Å². The third-order valence-electron chi connectivity index (χ3n) is 3.24. The highest BCUT2D eigenvalue weighted by Crippen LogP contribution is 2.28. The van der Waals surface area contributed by atoms with Crippen molar-refractivity contribution in [3.05, 3.63) is 48.0 Å². The van der Waals surface area contributed by atoms with Crippen LogP contribution >= 0.6 is 0 Å². The van der Waals surface area contributed by atoms with E-state index in [4.69, 9.17) is 5.73 Å². The van der Waals surface area contributed by atoms with E-state index in [1.165, 1.54) is 5.56 Å². The van der Waals surface area contributed by atoms with Crippen molar-refractivity contribution in [2.24, 2.45) is 7.05 Å². The molecule has 18 heavy (non-hydrogen) atoms. The molecule has 1 heterocycles. The molecule has 0 aliphatic heterocycles. The Bertz CT molecular complexity index is 726. The lowest BCUT2D eigenvalue weighted by molar-refractivity contribution is 0.959. The number of fused-ring (bicyclic) bond motifs is 1. The average molecular weight is 237 g/mol. The van der Waals surface area contributed by atoms with Gasteiger partial charge >= 0.3 is 0 Å². The molecule has 0 aliphatic rings. The van der Waals surface area contributed by atoms with E-state index >= 15 is 0 Å². The van der Waals surface area contributed by atoms with Crippen molar-refractivity contribution in [1.29, 1.82) is 0 Å². The summed E-state index contributed by atoms with van der Waals surface area (Å²) in [5, 5.41) is 0. The van der Waals surface area contributed by atoms with E-state index in [9.17, 15) is 0 Å². The zero-order chi connectivity index (χ0) is 12.7. The van der Waals surface area contributed by atoms with Gasteiger partial charge in [0.2, 0.25) is 0 Å². The highest BCUT2D eigenvalue weighted by atomic mass is 15.1. The number of anilines is 1. The zero-order valence-electron chi connectivity index (χ0n) is 10.5. The Kier molecular flexibility index (Phi) is 2.33. The standard InChI is InChI=1S/C15H15N3/c1-10-7-8-12(16)11(9-10)15-17-13-5-3-4-6-14(13)18(15)2/h3-9H,16H2,1-2H3. The fourth-order valence-electron chi connectivity index (χ4n) is 2.25. The molecule has 3 nitrogen and oxygen atoms in total. The molecule has 2 N–H and O–H groups in total. The topological polar surface area (TPSA) is 43.8 Å². The summed E-state index contributed by atoms with van der Waals surface area (Å²) < 4.78 is 2.08. The minimum Gasteiger partial charge on any atom is -0.398 e. The number of nitrogen functional groups attached to an aromatic ring is 1. The van der Waals surface area contributed by atoms with Gasteiger partial charge < -0.3 is 10.3 Å². The molecule has 0 radical (unpaired) electrons. The van der Waals surface area contributed by atoms with Crippen LogP contribution in [0.2, 0.25) is 0 Å². The van der Waals surface area contributed by atoms with Gasteiger partial charge in [0.15, 0.2) is 0 Å². The second-order valence-electron chi connectivity index (χ2n) is 4.57. The smallest absolute Gasteiger partial charge is 0.142 e. The summed E-state index contributed by atoms with van der Waals surface area (Å²) in [6.45, 7) is 2.06. The number of aryl methyl sites for hydroxylation is 2. The summed E-state index contributed by atoms with van der Waals surface area (Å²) in [4.78, 5) is 4.67. The molecule has 0 aliphatic carbocycles. The molecule has 0 amide bonds. The summed E-state index contributed by atoms with van der Waals surface area (Å²) in [5.74, 6) is 0.914. The lowest BCUT2D eigenvalue weighted by Gasteiger charge is -2.07. The van der Waals surface area contributed by atoms with Crippen molar-refractivity contribution in [3.8, 4) is 11.4 Å². The van der Waals surface area contributed by atoms with Crippen LogP contribution in [-0.4, -0.2) is 9.55 Å². The fraction of sp³-hybridized carbons (Fsp3) is 0.133. The molecule has 1 aromatic heterocycles. The number of para-hydroxylation sites is 2. The van der Waals surface area contributed by atoms with Crippen LogP contribution in [0.3, 0.4) is 0 Å². The van der Waals surface area contributed by atoms with Gasteiger partial charge in [-0.25, -0.2) is 4.98 Å². The number of nitrogens with zero attached hydrogens (tertiary/aromatic N) is 2. The molecule has 0 saturated carbocycles. The van der Waals surface area contributed by atoms with Gasteiger partial charge in [0.1, 0.15) is 5.82 Å². The maximum Gasteiger partial charge on any atom is 0.142 e. The summed E-state index contributed by atoms with van der Waals surface area (Å²) >= 11 is 0. The molecule has 3 rings (SSSR count). The molecular weight excluding hydrogens is 222 g/mol. The molecule has 0 spiro atoms. The molecule has 0 saturated heterocycles. The zero-order valence-corrected chi connectivity index (χ0v) is 10.5. The minimum absolute atomic E-state index is 0.763. The van der Waals surface area contributed by atoms with Crippen LogP contribution in [0.15, 0.2) is 42.5 Å². The van der Waals surface area contributed by atoms with Crippen LogP contribution in [-0.2, 0) is 7.05 Å². The second-order valence-corrected chi connectivity index (χ2v) is 4.57. The number of nitrogens with two attached hydrogens (primary N) is 1. The van der Waals surface area contributed by atoms with Crippen LogP contribution in [0.1, 0.15) is 5.56 Å². The van der Waals surface area contributed by atoms with Gasteiger partial charge in [0, 0.05) is 18.3 Å². The van der Waals surface area contributed by atoms with Crippen molar-refractivity contribution in [1.82, 2.24) is 9.55 Å². The number of benzene rings is 2. The van der Waals surface area contributed by atoms with Gasteiger partial charge in [0.25, 0.3) is 0 Å². The third kappa shape index (κ3) is 1.56. The quantitative estimate of drug-likeness (QED) is 0.661. The van der Waals surface area contributed by atoms with E-state index in [2.05, 4.69) is 28.6 Å². The first kappa shape index (κ1) is 10.8. The van der Waals surface area contributed by atoms with Crippen LogP contribution < -0.4 is 5.73 Å². The first-order chi connectivity index (χ1) is 8.66. The highest BCUT2D eigenvalue weighted by molar-refractivity contribution is 5.83. The van der Waals surface area contributed by atoms with E-state index in [0.29, 0.717) is 0 Å². The number of hydrogen-bond acceptors (Lipinski definition) is 2. The van der Waals surface area contributed by atoms with E-state index in [1.807, 2.05) is 37.4 Å². The van der Waals surface area contributed by atoms with Crippen LogP contribution in [0.25, 0.3) is 22.4 Å². The Hall–Kier alpha value is -2.29. The van der Waals surface area contributed by atoms with Crippen LogP contribution in [0.5, 0.6) is 0 Å². The Labute approximate surface area is 106 Å². The lowest BCUT2D eigenvalue weighted by Crippen LogP contribution is -1.97. The molecule has 2 aromatic carbocycles. The van der Waals surface area contributed by atoms with Crippen molar-refractivity contribution < 1.29 is 0 Å². The monoisotopic (exact) mass is 237 g/mol. The molecule has 0 unspecified atom stereocenters. The van der Waals surface area contributed by atoms with Gasteiger partial charge in [-0.15, -0.1) is 0 Å². The van der Waals surface area contributed by atoms with Gasteiger partial charge in [-0.05, 0) is 31.2 Å². The lowest BCUT2D eigenvalue weighted by atomic mass is 10.1. The Morgan fingerprint density at radius 1 is 1.11 bits per heavy atom. The highest BCUT2D eigenvalue weighted by Gasteiger charge is 2.11. The molecule has 0 atom stereocenters. The molecular formula is C15H15N3. The van der Waals surface area contributed by atoms with Gasteiger partial charge in [-0.3, -0.25) is 0 Å². The van der Waals surface area contributed by atoms with Crippen LogP contribution in [0.4, 0.5) is 5.69 Å². The minimum atomic E-state index is 0.763. The van der Waals surface area contributed by atoms with E-state index < -0.39 is 0 Å². The Morgan fingerprint density at radius 2 is 1.89 bits per heavy atom.